The number of aliphatic carboxylic acids is 1. The summed E-state index contributed by atoms with van der Waals surface area (Å²) in [7, 11) is 0. The number of benzene rings is 2. The van der Waals surface area contributed by atoms with Crippen LogP contribution in [0.5, 0.6) is 0 Å². The summed E-state index contributed by atoms with van der Waals surface area (Å²) in [4.78, 5) is 15.5. The van der Waals surface area contributed by atoms with Gasteiger partial charge in [-0.2, -0.15) is 4.98 Å². The second-order valence-electron chi connectivity index (χ2n) is 9.58. The fourth-order valence-corrected chi connectivity index (χ4v) is 5.20. The van der Waals surface area contributed by atoms with Crippen LogP contribution >= 0.6 is 0 Å². The SMILES string of the molecule is Cc1cc([C@H]2C[C@H](CC(=O)O)CN2)ccc1-c1noc(-c2ccc([C@@H]3CCC(F)(F)C3)cc2)n1. The Morgan fingerprint density at radius 2 is 1.97 bits per heavy atom. The lowest BCUT2D eigenvalue weighted by Gasteiger charge is -2.13. The zero-order valence-electron chi connectivity index (χ0n) is 18.9. The molecule has 3 atom stereocenters. The van der Waals surface area contributed by atoms with Crippen molar-refractivity contribution in [3.05, 3.63) is 59.2 Å². The highest BCUT2D eigenvalue weighted by Gasteiger charge is 2.39. The molecule has 1 aromatic heterocycles. The molecule has 2 aromatic carbocycles. The number of hydrogen-bond donors (Lipinski definition) is 2. The van der Waals surface area contributed by atoms with Crippen LogP contribution in [0, 0.1) is 12.8 Å². The van der Waals surface area contributed by atoms with Crippen LogP contribution in [-0.4, -0.2) is 33.7 Å². The van der Waals surface area contributed by atoms with E-state index in [2.05, 4.69) is 21.5 Å². The Labute approximate surface area is 196 Å². The van der Waals surface area contributed by atoms with Gasteiger partial charge < -0.3 is 14.9 Å². The zero-order valence-corrected chi connectivity index (χ0v) is 18.9. The Bertz CT molecular complexity index is 1190. The van der Waals surface area contributed by atoms with Crippen molar-refractivity contribution in [3.8, 4) is 22.8 Å². The molecule has 0 amide bonds. The maximum absolute atomic E-state index is 13.5. The minimum absolute atomic E-state index is 0.0513. The molecule has 1 saturated heterocycles. The molecule has 2 N–H and O–H groups in total. The van der Waals surface area contributed by atoms with E-state index in [1.165, 1.54) is 0 Å². The molecular formula is C26H27F2N3O3. The Balaban J connectivity index is 1.29. The molecule has 0 unspecified atom stereocenters. The molecule has 2 aliphatic rings. The molecule has 1 aliphatic carbocycles. The number of carboxylic acids is 1. The molecule has 5 rings (SSSR count). The maximum Gasteiger partial charge on any atom is 0.303 e. The number of aromatic nitrogens is 2. The van der Waals surface area contributed by atoms with Crippen molar-refractivity contribution in [2.45, 2.75) is 56.9 Å². The second kappa shape index (κ2) is 8.91. The van der Waals surface area contributed by atoms with Crippen LogP contribution in [0.1, 0.15) is 60.8 Å². The van der Waals surface area contributed by atoms with Gasteiger partial charge in [0, 0.05) is 36.4 Å². The van der Waals surface area contributed by atoms with Crippen molar-refractivity contribution in [2.75, 3.05) is 6.54 Å². The predicted octanol–water partition coefficient (Wildman–Crippen LogP) is 5.74. The first-order chi connectivity index (χ1) is 16.3. The third-order valence-corrected chi connectivity index (χ3v) is 7.04. The molecule has 2 fully saturated rings. The van der Waals surface area contributed by atoms with Gasteiger partial charge in [-0.25, -0.2) is 8.78 Å². The number of carbonyl (C=O) groups is 1. The summed E-state index contributed by atoms with van der Waals surface area (Å²) >= 11 is 0. The normalized spacial score (nSPS) is 23.9. The predicted molar refractivity (Wildman–Crippen MR) is 123 cm³/mol. The first kappa shape index (κ1) is 22.7. The third-order valence-electron chi connectivity index (χ3n) is 7.04. The van der Waals surface area contributed by atoms with Crippen molar-refractivity contribution in [2.24, 2.45) is 5.92 Å². The topological polar surface area (TPSA) is 88.2 Å². The van der Waals surface area contributed by atoms with Gasteiger partial charge in [0.1, 0.15) is 0 Å². The molecule has 2 heterocycles. The van der Waals surface area contributed by atoms with Crippen molar-refractivity contribution in [3.63, 3.8) is 0 Å². The molecule has 1 saturated carbocycles. The third kappa shape index (κ3) is 4.73. The van der Waals surface area contributed by atoms with E-state index in [0.29, 0.717) is 24.7 Å². The first-order valence-corrected chi connectivity index (χ1v) is 11.7. The van der Waals surface area contributed by atoms with E-state index >= 15 is 0 Å². The molecule has 1 aliphatic heterocycles. The van der Waals surface area contributed by atoms with E-state index in [0.717, 1.165) is 34.2 Å². The van der Waals surface area contributed by atoms with E-state index in [4.69, 9.17) is 9.63 Å². The minimum atomic E-state index is -2.56. The summed E-state index contributed by atoms with van der Waals surface area (Å²) < 4.78 is 32.6. The van der Waals surface area contributed by atoms with Gasteiger partial charge in [0.25, 0.3) is 5.89 Å². The summed E-state index contributed by atoms with van der Waals surface area (Å²) in [5.74, 6) is -2.43. The van der Waals surface area contributed by atoms with Crippen LogP contribution in [0.4, 0.5) is 8.78 Å². The van der Waals surface area contributed by atoms with E-state index in [1.807, 2.05) is 43.3 Å². The Kier molecular flexibility index (Phi) is 5.93. The van der Waals surface area contributed by atoms with Crippen LogP contribution in [0.3, 0.4) is 0 Å². The standard InChI is InChI=1S/C26H27F2N3O3/c1-15-10-19(22-11-16(14-29-22)12-23(32)33)6-7-21(15)24-30-25(34-31-24)18-4-2-17(3-5-18)20-8-9-26(27,28)13-20/h2-7,10,16,20,22,29H,8-9,11-14H2,1H3,(H,32,33)/t16-,20-,22-/m1/s1. The number of nitrogens with zero attached hydrogens (tertiary/aromatic N) is 2. The van der Waals surface area contributed by atoms with E-state index in [1.54, 1.807) is 0 Å². The molecular weight excluding hydrogens is 440 g/mol. The summed E-state index contributed by atoms with van der Waals surface area (Å²) in [6.45, 7) is 2.69. The number of hydrogen-bond acceptors (Lipinski definition) is 5. The number of alkyl halides is 2. The highest BCUT2D eigenvalue weighted by molar-refractivity contribution is 5.67. The van der Waals surface area contributed by atoms with Crippen LogP contribution < -0.4 is 5.32 Å². The van der Waals surface area contributed by atoms with E-state index < -0.39 is 11.9 Å². The van der Waals surface area contributed by atoms with Gasteiger partial charge >= 0.3 is 5.97 Å². The van der Waals surface area contributed by atoms with E-state index in [9.17, 15) is 13.6 Å². The van der Waals surface area contributed by atoms with Crippen LogP contribution in [0.2, 0.25) is 0 Å². The van der Waals surface area contributed by atoms with Crippen molar-refractivity contribution in [1.82, 2.24) is 15.5 Å². The quantitative estimate of drug-likeness (QED) is 0.481. The number of rotatable bonds is 6. The highest BCUT2D eigenvalue weighted by Crippen LogP contribution is 2.44. The summed E-state index contributed by atoms with van der Waals surface area (Å²) in [5, 5.41) is 16.6. The Morgan fingerprint density at radius 1 is 1.21 bits per heavy atom. The lowest BCUT2D eigenvalue weighted by molar-refractivity contribution is -0.137. The number of nitrogens with one attached hydrogen (secondary N) is 1. The fourth-order valence-electron chi connectivity index (χ4n) is 5.20. The van der Waals surface area contributed by atoms with Gasteiger partial charge in [-0.1, -0.05) is 35.5 Å². The number of carboxylic acid groups (broad SMARTS) is 1. The van der Waals surface area contributed by atoms with Crippen LogP contribution in [-0.2, 0) is 4.79 Å². The van der Waals surface area contributed by atoms with Gasteiger partial charge in [-0.3, -0.25) is 4.79 Å². The van der Waals surface area contributed by atoms with Gasteiger partial charge in [0.15, 0.2) is 0 Å². The maximum atomic E-state index is 13.5. The van der Waals surface area contributed by atoms with Crippen molar-refractivity contribution in [1.29, 1.82) is 0 Å². The van der Waals surface area contributed by atoms with Gasteiger partial charge in [-0.05, 0) is 67.0 Å². The fraction of sp³-hybridized carbons (Fsp3) is 0.423. The highest BCUT2D eigenvalue weighted by atomic mass is 19.3. The second-order valence-corrected chi connectivity index (χ2v) is 9.58. The smallest absolute Gasteiger partial charge is 0.303 e. The summed E-state index contributed by atoms with van der Waals surface area (Å²) in [6, 6.07) is 13.6. The molecule has 0 bridgehead atoms. The van der Waals surface area contributed by atoms with Gasteiger partial charge in [0.05, 0.1) is 0 Å². The van der Waals surface area contributed by atoms with Crippen LogP contribution in [0.25, 0.3) is 22.8 Å². The number of aryl methyl sites for hydroxylation is 1. The Morgan fingerprint density at radius 3 is 2.65 bits per heavy atom. The van der Waals surface area contributed by atoms with Crippen LogP contribution in [0.15, 0.2) is 47.0 Å². The molecule has 0 radical (unpaired) electrons. The first-order valence-electron chi connectivity index (χ1n) is 11.7. The minimum Gasteiger partial charge on any atom is -0.481 e. The largest absolute Gasteiger partial charge is 0.481 e. The average molecular weight is 468 g/mol. The molecule has 178 valence electrons. The van der Waals surface area contributed by atoms with Crippen molar-refractivity contribution < 1.29 is 23.2 Å². The summed E-state index contributed by atoms with van der Waals surface area (Å²) in [5.41, 5.74) is 4.65. The molecule has 3 aromatic rings. The van der Waals surface area contributed by atoms with Gasteiger partial charge in [0.2, 0.25) is 11.7 Å². The average Bonchev–Trinajstić information content (AvgIpc) is 3.53. The number of halogens is 2. The summed E-state index contributed by atoms with van der Waals surface area (Å²) in [6.07, 6.45) is 1.34. The molecule has 0 spiro atoms. The molecule has 6 nitrogen and oxygen atoms in total. The Hall–Kier alpha value is -3.13. The lowest BCUT2D eigenvalue weighted by atomic mass is 9.95. The zero-order chi connectivity index (χ0) is 23.9. The van der Waals surface area contributed by atoms with Gasteiger partial charge in [-0.15, -0.1) is 0 Å². The monoisotopic (exact) mass is 467 g/mol. The van der Waals surface area contributed by atoms with E-state index in [-0.39, 0.29) is 37.1 Å². The molecule has 8 heteroatoms. The lowest BCUT2D eigenvalue weighted by Crippen LogP contribution is -2.14. The van der Waals surface area contributed by atoms with Crippen molar-refractivity contribution >= 4 is 5.97 Å². The molecule has 34 heavy (non-hydrogen) atoms.